The summed E-state index contributed by atoms with van der Waals surface area (Å²) in [5.41, 5.74) is -0.104. The van der Waals surface area contributed by atoms with E-state index < -0.39 is 35.0 Å². The van der Waals surface area contributed by atoms with Crippen molar-refractivity contribution < 1.29 is 27.5 Å². The van der Waals surface area contributed by atoms with E-state index in [0.29, 0.717) is 22.4 Å². The van der Waals surface area contributed by atoms with Gasteiger partial charge in [0.15, 0.2) is 0 Å². The molecule has 0 unspecified atom stereocenters. The number of hydrogen-bond acceptors (Lipinski definition) is 4. The van der Waals surface area contributed by atoms with E-state index in [-0.39, 0.29) is 21.9 Å². The highest BCUT2D eigenvalue weighted by molar-refractivity contribution is 6.46. The number of halogens is 4. The van der Waals surface area contributed by atoms with Gasteiger partial charge in [0.05, 0.1) is 23.4 Å². The fourth-order valence-corrected chi connectivity index (χ4v) is 3.56. The molecule has 1 heterocycles. The van der Waals surface area contributed by atoms with Crippen molar-refractivity contribution in [2.45, 2.75) is 0 Å². The van der Waals surface area contributed by atoms with Gasteiger partial charge in [-0.2, -0.15) is 0 Å². The number of amides is 2. The molecule has 9 heteroatoms. The maximum Gasteiger partial charge on any atom is 0.282 e. The zero-order valence-electron chi connectivity index (χ0n) is 16.5. The molecule has 2 amide bonds. The van der Waals surface area contributed by atoms with E-state index in [2.05, 4.69) is 5.32 Å². The van der Waals surface area contributed by atoms with Gasteiger partial charge in [-0.1, -0.05) is 23.7 Å². The van der Waals surface area contributed by atoms with Crippen LogP contribution >= 0.6 is 11.6 Å². The molecule has 1 aliphatic heterocycles. The standard InChI is InChI=1S/C23H14ClF3N2O3/c1-32-19-9-7-15(11-16(19)24)28-21-20(12-2-4-13(25)5-3-12)22(30)29(23(21)31)18-8-6-14(26)10-17(18)27/h2-11,28H,1H3. The van der Waals surface area contributed by atoms with Gasteiger partial charge < -0.3 is 10.1 Å². The molecule has 32 heavy (non-hydrogen) atoms. The summed E-state index contributed by atoms with van der Waals surface area (Å²) in [5.74, 6) is -3.80. The SMILES string of the molecule is COc1ccc(NC2=C(c3ccc(F)cc3)C(=O)N(c3ccc(F)cc3F)C2=O)cc1Cl. The van der Waals surface area contributed by atoms with Gasteiger partial charge in [0.25, 0.3) is 11.8 Å². The van der Waals surface area contributed by atoms with Crippen LogP contribution in [0.1, 0.15) is 5.56 Å². The fourth-order valence-electron chi connectivity index (χ4n) is 3.30. The number of rotatable bonds is 5. The molecule has 0 saturated carbocycles. The second kappa shape index (κ2) is 8.39. The smallest absolute Gasteiger partial charge is 0.282 e. The van der Waals surface area contributed by atoms with Crippen LogP contribution in [0.2, 0.25) is 5.02 Å². The Kier molecular flexibility index (Phi) is 5.63. The van der Waals surface area contributed by atoms with Crippen LogP contribution in [0.3, 0.4) is 0 Å². The normalized spacial score (nSPS) is 13.7. The molecule has 162 valence electrons. The molecule has 0 radical (unpaired) electrons. The van der Waals surface area contributed by atoms with Crippen LogP contribution in [-0.2, 0) is 9.59 Å². The molecular weight excluding hydrogens is 445 g/mol. The minimum atomic E-state index is -1.08. The number of nitrogens with zero attached hydrogens (tertiary/aromatic N) is 1. The van der Waals surface area contributed by atoms with Crippen LogP contribution in [-0.4, -0.2) is 18.9 Å². The van der Waals surface area contributed by atoms with Gasteiger partial charge in [0.2, 0.25) is 0 Å². The van der Waals surface area contributed by atoms with E-state index in [1.165, 1.54) is 25.3 Å². The highest BCUT2D eigenvalue weighted by atomic mass is 35.5. The van der Waals surface area contributed by atoms with Crippen molar-refractivity contribution in [3.63, 3.8) is 0 Å². The maximum absolute atomic E-state index is 14.4. The first-order chi connectivity index (χ1) is 15.3. The maximum atomic E-state index is 14.4. The van der Waals surface area contributed by atoms with Crippen molar-refractivity contribution in [3.8, 4) is 5.75 Å². The molecule has 5 nitrogen and oxygen atoms in total. The molecule has 0 spiro atoms. The number of nitrogens with one attached hydrogen (secondary N) is 1. The zero-order valence-corrected chi connectivity index (χ0v) is 17.2. The first kappa shape index (κ1) is 21.5. The third-order valence-corrected chi connectivity index (χ3v) is 5.08. The average Bonchev–Trinajstić information content (AvgIpc) is 2.99. The van der Waals surface area contributed by atoms with E-state index in [1.54, 1.807) is 12.1 Å². The van der Waals surface area contributed by atoms with Crippen LogP contribution in [0.4, 0.5) is 24.5 Å². The van der Waals surface area contributed by atoms with E-state index >= 15 is 0 Å². The Bertz CT molecular complexity index is 1280. The highest BCUT2D eigenvalue weighted by Gasteiger charge is 2.41. The predicted molar refractivity (Wildman–Crippen MR) is 114 cm³/mol. The summed E-state index contributed by atoms with van der Waals surface area (Å²) in [6.45, 7) is 0. The van der Waals surface area contributed by atoms with Crippen LogP contribution in [0.5, 0.6) is 5.75 Å². The molecule has 0 aromatic heterocycles. The fraction of sp³-hybridized carbons (Fsp3) is 0.0435. The highest BCUT2D eigenvalue weighted by Crippen LogP contribution is 2.36. The van der Waals surface area contributed by atoms with Crippen molar-refractivity contribution in [1.82, 2.24) is 0 Å². The molecule has 4 rings (SSSR count). The van der Waals surface area contributed by atoms with Crippen molar-refractivity contribution in [2.75, 3.05) is 17.3 Å². The van der Waals surface area contributed by atoms with E-state index in [1.807, 2.05) is 0 Å². The van der Waals surface area contributed by atoms with Gasteiger partial charge in [-0.3, -0.25) is 9.59 Å². The summed E-state index contributed by atoms with van der Waals surface area (Å²) in [6.07, 6.45) is 0. The minimum Gasteiger partial charge on any atom is -0.495 e. The second-order valence-electron chi connectivity index (χ2n) is 6.77. The Morgan fingerprint density at radius 1 is 0.875 bits per heavy atom. The number of ether oxygens (including phenoxy) is 1. The lowest BCUT2D eigenvalue weighted by molar-refractivity contribution is -0.120. The Balaban J connectivity index is 1.82. The lowest BCUT2D eigenvalue weighted by atomic mass is 10.0. The second-order valence-corrected chi connectivity index (χ2v) is 7.18. The molecule has 0 bridgehead atoms. The summed E-state index contributed by atoms with van der Waals surface area (Å²) in [5, 5.41) is 3.09. The van der Waals surface area contributed by atoms with Crippen molar-refractivity contribution >= 4 is 40.4 Å². The number of methoxy groups -OCH3 is 1. The molecule has 0 aliphatic carbocycles. The molecule has 1 aliphatic rings. The van der Waals surface area contributed by atoms with Crippen LogP contribution in [0, 0.1) is 17.5 Å². The van der Waals surface area contributed by atoms with E-state index in [0.717, 1.165) is 24.3 Å². The molecule has 1 N–H and O–H groups in total. The molecule has 3 aromatic rings. The third-order valence-electron chi connectivity index (χ3n) is 4.79. The van der Waals surface area contributed by atoms with E-state index in [9.17, 15) is 22.8 Å². The number of carbonyl (C=O) groups is 2. The van der Waals surface area contributed by atoms with Gasteiger partial charge in [-0.25, -0.2) is 18.1 Å². The minimum absolute atomic E-state index is 0.106. The monoisotopic (exact) mass is 458 g/mol. The number of anilines is 2. The van der Waals surface area contributed by atoms with Gasteiger partial charge in [0, 0.05) is 11.8 Å². The van der Waals surface area contributed by atoms with Crippen LogP contribution < -0.4 is 15.0 Å². The lowest BCUT2D eigenvalue weighted by Gasteiger charge is -2.16. The first-order valence-corrected chi connectivity index (χ1v) is 9.62. The predicted octanol–water partition coefficient (Wildman–Crippen LogP) is 5.16. The Labute approximate surface area is 185 Å². The topological polar surface area (TPSA) is 58.6 Å². The first-order valence-electron chi connectivity index (χ1n) is 9.24. The molecular formula is C23H14ClF3N2O3. The Morgan fingerprint density at radius 3 is 2.19 bits per heavy atom. The molecule has 0 atom stereocenters. The average molecular weight is 459 g/mol. The van der Waals surface area contributed by atoms with E-state index in [4.69, 9.17) is 16.3 Å². The quantitative estimate of drug-likeness (QED) is 0.536. The molecule has 3 aromatic carbocycles. The van der Waals surface area contributed by atoms with Crippen molar-refractivity contribution in [1.29, 1.82) is 0 Å². The van der Waals surface area contributed by atoms with Crippen molar-refractivity contribution in [2.24, 2.45) is 0 Å². The summed E-state index contributed by atoms with van der Waals surface area (Å²) in [4.78, 5) is 27.0. The zero-order chi connectivity index (χ0) is 23.0. The van der Waals surface area contributed by atoms with Crippen molar-refractivity contribution in [3.05, 3.63) is 94.4 Å². The lowest BCUT2D eigenvalue weighted by Crippen LogP contribution is -2.33. The Morgan fingerprint density at radius 2 is 1.56 bits per heavy atom. The van der Waals surface area contributed by atoms with Crippen LogP contribution in [0.15, 0.2) is 66.4 Å². The number of carbonyl (C=O) groups excluding carboxylic acids is 2. The molecule has 0 fully saturated rings. The number of benzene rings is 3. The largest absolute Gasteiger partial charge is 0.495 e. The number of hydrogen-bond donors (Lipinski definition) is 1. The summed E-state index contributed by atoms with van der Waals surface area (Å²) < 4.78 is 46.3. The summed E-state index contributed by atoms with van der Waals surface area (Å²) in [6, 6.07) is 12.0. The summed E-state index contributed by atoms with van der Waals surface area (Å²) in [7, 11) is 1.44. The molecule has 0 saturated heterocycles. The van der Waals surface area contributed by atoms with Gasteiger partial charge in [-0.15, -0.1) is 0 Å². The van der Waals surface area contributed by atoms with Gasteiger partial charge in [0.1, 0.15) is 28.9 Å². The van der Waals surface area contributed by atoms with Gasteiger partial charge >= 0.3 is 0 Å². The third kappa shape index (κ3) is 3.80. The Hall–Kier alpha value is -3.78. The number of imide groups is 1. The van der Waals surface area contributed by atoms with Gasteiger partial charge in [-0.05, 0) is 48.0 Å². The summed E-state index contributed by atoms with van der Waals surface area (Å²) >= 11 is 6.14. The van der Waals surface area contributed by atoms with Crippen LogP contribution in [0.25, 0.3) is 5.57 Å².